The Hall–Kier alpha value is -2.53. The second kappa shape index (κ2) is 8.65. The predicted octanol–water partition coefficient (Wildman–Crippen LogP) is 5.24. The fraction of sp³-hybridized carbons (Fsp3) is 0.304. The molecule has 0 fully saturated rings. The van der Waals surface area contributed by atoms with Gasteiger partial charge >= 0.3 is 0 Å². The number of fused-ring (bicyclic) bond motifs is 1. The smallest absolute Gasteiger partial charge is 0.226 e. The Kier molecular flexibility index (Phi) is 5.81. The number of thioether (sulfide) groups is 1. The van der Waals surface area contributed by atoms with Crippen LogP contribution in [0.5, 0.6) is 0 Å². The highest BCUT2D eigenvalue weighted by molar-refractivity contribution is 7.99. The van der Waals surface area contributed by atoms with Gasteiger partial charge in [0.25, 0.3) is 0 Å². The van der Waals surface area contributed by atoms with Gasteiger partial charge in [-0.15, -0.1) is 11.8 Å². The monoisotopic (exact) mass is 391 g/mol. The summed E-state index contributed by atoms with van der Waals surface area (Å²) in [6.45, 7) is 2.01. The highest BCUT2D eigenvalue weighted by Gasteiger charge is 2.25. The molecule has 1 heterocycles. The van der Waals surface area contributed by atoms with Gasteiger partial charge in [0, 0.05) is 22.6 Å². The van der Waals surface area contributed by atoms with Crippen molar-refractivity contribution in [2.45, 2.75) is 43.5 Å². The van der Waals surface area contributed by atoms with Crippen molar-refractivity contribution in [2.75, 3.05) is 11.1 Å². The quantitative estimate of drug-likeness (QED) is 0.585. The summed E-state index contributed by atoms with van der Waals surface area (Å²) in [5.41, 5.74) is 3.72. The summed E-state index contributed by atoms with van der Waals surface area (Å²) in [6, 6.07) is 19.0. The minimum Gasteiger partial charge on any atom is -0.311 e. The first-order valence-electron chi connectivity index (χ1n) is 9.82. The van der Waals surface area contributed by atoms with Gasteiger partial charge in [0.05, 0.1) is 12.2 Å². The molecule has 144 valence electrons. The molecular formula is C23H25N3OS. The molecule has 1 amide bonds. The number of hydrogen-bond acceptors (Lipinski definition) is 3. The number of carbonyl (C=O) groups excluding carboxylic acids is 1. The zero-order valence-electron chi connectivity index (χ0n) is 16.1. The van der Waals surface area contributed by atoms with E-state index in [9.17, 15) is 4.79 Å². The van der Waals surface area contributed by atoms with Gasteiger partial charge in [0.1, 0.15) is 5.82 Å². The van der Waals surface area contributed by atoms with Gasteiger partial charge in [-0.3, -0.25) is 4.79 Å². The van der Waals surface area contributed by atoms with Gasteiger partial charge < -0.3 is 5.32 Å². The lowest BCUT2D eigenvalue weighted by Crippen LogP contribution is -2.22. The summed E-state index contributed by atoms with van der Waals surface area (Å²) in [7, 11) is 0. The number of carbonyl (C=O) groups is 1. The Morgan fingerprint density at radius 1 is 1.18 bits per heavy atom. The van der Waals surface area contributed by atoms with Crippen molar-refractivity contribution in [1.82, 2.24) is 9.78 Å². The van der Waals surface area contributed by atoms with E-state index in [-0.39, 0.29) is 11.9 Å². The first-order valence-corrected chi connectivity index (χ1v) is 10.8. The Morgan fingerprint density at radius 2 is 1.96 bits per heavy atom. The van der Waals surface area contributed by atoms with Crippen LogP contribution in [0.25, 0.3) is 0 Å². The number of aryl methyl sites for hydroxylation is 2. The number of nitrogens with one attached hydrogen (secondary N) is 1. The van der Waals surface area contributed by atoms with Gasteiger partial charge in [0.2, 0.25) is 5.91 Å². The molecule has 2 aromatic carbocycles. The minimum absolute atomic E-state index is 0.0392. The first-order chi connectivity index (χ1) is 13.7. The lowest BCUT2D eigenvalue weighted by molar-refractivity contribution is -0.115. The standard InChI is InChI=1S/C23H25N3OS/c1-17-16-24-26(21-13-7-9-18-8-5-6-12-20(18)21)23(17)25-22(27)14-15-28-19-10-3-2-4-11-19/h2-6,8,10-12,16,21H,7,9,13-15H2,1H3,(H,25,27). The van der Waals surface area contributed by atoms with Crippen LogP contribution in [0.4, 0.5) is 5.82 Å². The summed E-state index contributed by atoms with van der Waals surface area (Å²) < 4.78 is 2.01. The van der Waals surface area contributed by atoms with Gasteiger partial charge in [-0.2, -0.15) is 5.10 Å². The van der Waals surface area contributed by atoms with Gasteiger partial charge in [-0.05, 0) is 49.4 Å². The molecule has 0 radical (unpaired) electrons. The Bertz CT molecular complexity index is 951. The largest absolute Gasteiger partial charge is 0.311 e. The van der Waals surface area contributed by atoms with E-state index in [0.29, 0.717) is 6.42 Å². The Morgan fingerprint density at radius 3 is 2.82 bits per heavy atom. The van der Waals surface area contributed by atoms with E-state index in [2.05, 4.69) is 46.8 Å². The molecule has 0 saturated carbocycles. The van der Waals surface area contributed by atoms with E-state index in [0.717, 1.165) is 36.4 Å². The van der Waals surface area contributed by atoms with Crippen LogP contribution in [-0.4, -0.2) is 21.4 Å². The van der Waals surface area contributed by atoms with Crippen LogP contribution in [0.15, 0.2) is 65.7 Å². The van der Waals surface area contributed by atoms with E-state index in [1.165, 1.54) is 16.0 Å². The molecule has 1 aliphatic rings. The maximum atomic E-state index is 12.6. The number of benzene rings is 2. The number of nitrogens with zero attached hydrogens (tertiary/aromatic N) is 2. The molecule has 4 nitrogen and oxygen atoms in total. The van der Waals surface area contributed by atoms with Crippen molar-refractivity contribution in [2.24, 2.45) is 0 Å². The Labute approximate surface area is 170 Å². The van der Waals surface area contributed by atoms with Crippen molar-refractivity contribution in [1.29, 1.82) is 0 Å². The van der Waals surface area contributed by atoms with E-state index >= 15 is 0 Å². The van der Waals surface area contributed by atoms with Crippen LogP contribution in [0.1, 0.15) is 42.0 Å². The number of aromatic nitrogens is 2. The molecule has 5 heteroatoms. The van der Waals surface area contributed by atoms with Gasteiger partial charge in [0.15, 0.2) is 0 Å². The zero-order valence-corrected chi connectivity index (χ0v) is 16.9. The molecule has 1 aliphatic carbocycles. The summed E-state index contributed by atoms with van der Waals surface area (Å²) >= 11 is 1.71. The summed E-state index contributed by atoms with van der Waals surface area (Å²) in [5.74, 6) is 1.63. The van der Waals surface area contributed by atoms with Gasteiger partial charge in [-0.25, -0.2) is 4.68 Å². The zero-order chi connectivity index (χ0) is 19.3. The maximum absolute atomic E-state index is 12.6. The number of rotatable bonds is 6. The van der Waals surface area contributed by atoms with Crippen LogP contribution in [0, 0.1) is 6.92 Å². The van der Waals surface area contributed by atoms with Crippen molar-refractivity contribution in [3.8, 4) is 0 Å². The van der Waals surface area contributed by atoms with Crippen LogP contribution >= 0.6 is 11.8 Å². The summed E-state index contributed by atoms with van der Waals surface area (Å²) in [6.07, 6.45) is 5.63. The second-order valence-electron chi connectivity index (χ2n) is 7.19. The average Bonchev–Trinajstić information content (AvgIpc) is 3.08. The van der Waals surface area contributed by atoms with Crippen molar-refractivity contribution >= 4 is 23.5 Å². The lowest BCUT2D eigenvalue weighted by Gasteiger charge is -2.27. The molecule has 28 heavy (non-hydrogen) atoms. The normalized spacial score (nSPS) is 15.8. The van der Waals surface area contributed by atoms with E-state index in [1.54, 1.807) is 11.8 Å². The SMILES string of the molecule is Cc1cnn(C2CCCc3ccccc32)c1NC(=O)CCSc1ccccc1. The van der Waals surface area contributed by atoms with Crippen molar-refractivity contribution < 1.29 is 4.79 Å². The molecule has 1 N–H and O–H groups in total. The number of hydrogen-bond donors (Lipinski definition) is 1. The predicted molar refractivity (Wildman–Crippen MR) is 115 cm³/mol. The molecule has 1 unspecified atom stereocenters. The fourth-order valence-corrected chi connectivity index (χ4v) is 4.67. The van der Waals surface area contributed by atoms with E-state index < -0.39 is 0 Å². The lowest BCUT2D eigenvalue weighted by atomic mass is 9.88. The minimum atomic E-state index is 0.0392. The molecule has 0 saturated heterocycles. The molecule has 1 atom stereocenters. The summed E-state index contributed by atoms with van der Waals surface area (Å²) in [5, 5.41) is 7.74. The third-order valence-electron chi connectivity index (χ3n) is 5.21. The number of amides is 1. The topological polar surface area (TPSA) is 46.9 Å². The molecular weight excluding hydrogens is 366 g/mol. The third kappa shape index (κ3) is 4.14. The van der Waals surface area contributed by atoms with Crippen LogP contribution in [0.3, 0.4) is 0 Å². The third-order valence-corrected chi connectivity index (χ3v) is 6.22. The van der Waals surface area contributed by atoms with E-state index in [4.69, 9.17) is 0 Å². The molecule has 0 bridgehead atoms. The molecule has 1 aromatic heterocycles. The summed E-state index contributed by atoms with van der Waals surface area (Å²) in [4.78, 5) is 13.8. The highest BCUT2D eigenvalue weighted by Crippen LogP contribution is 2.35. The van der Waals surface area contributed by atoms with Crippen molar-refractivity contribution in [3.63, 3.8) is 0 Å². The van der Waals surface area contributed by atoms with Crippen LogP contribution in [-0.2, 0) is 11.2 Å². The maximum Gasteiger partial charge on any atom is 0.226 e. The molecule has 4 rings (SSSR count). The molecule has 0 spiro atoms. The molecule has 3 aromatic rings. The fourth-order valence-electron chi connectivity index (χ4n) is 3.80. The van der Waals surface area contributed by atoms with Crippen LogP contribution in [0.2, 0.25) is 0 Å². The van der Waals surface area contributed by atoms with Crippen LogP contribution < -0.4 is 5.32 Å². The van der Waals surface area contributed by atoms with Crippen molar-refractivity contribution in [3.05, 3.63) is 77.5 Å². The molecule has 0 aliphatic heterocycles. The Balaban J connectivity index is 1.45. The highest BCUT2D eigenvalue weighted by atomic mass is 32.2. The number of anilines is 1. The van der Waals surface area contributed by atoms with E-state index in [1.807, 2.05) is 36.0 Å². The van der Waals surface area contributed by atoms with Gasteiger partial charge in [-0.1, -0.05) is 42.5 Å². The first kappa shape index (κ1) is 18.8. The average molecular weight is 392 g/mol. The second-order valence-corrected chi connectivity index (χ2v) is 8.36.